The van der Waals surface area contributed by atoms with Gasteiger partial charge in [0.1, 0.15) is 17.1 Å². The molecule has 0 radical (unpaired) electrons. The molecular weight excluding hydrogens is 488 g/mol. The van der Waals surface area contributed by atoms with E-state index in [-0.39, 0.29) is 46.2 Å². The second kappa shape index (κ2) is 10.3. The van der Waals surface area contributed by atoms with Gasteiger partial charge in [-0.1, -0.05) is 42.8 Å². The quantitative estimate of drug-likeness (QED) is 0.161. The molecule has 2 aliphatic carbocycles. The van der Waals surface area contributed by atoms with Crippen LogP contribution in [0, 0.1) is 16.7 Å². The van der Waals surface area contributed by atoms with E-state index in [0.29, 0.717) is 23.2 Å². The Bertz CT molecular complexity index is 892. The van der Waals surface area contributed by atoms with Crippen LogP contribution in [0.1, 0.15) is 50.4 Å². The van der Waals surface area contributed by atoms with Crippen molar-refractivity contribution in [3.05, 3.63) is 58.6 Å². The minimum absolute atomic E-state index is 0.00149. The van der Waals surface area contributed by atoms with E-state index >= 15 is 0 Å². The molecule has 2 bridgehead atoms. The molecule has 3 rings (SSSR count). The predicted molar refractivity (Wildman–Crippen MR) is 135 cm³/mol. The summed E-state index contributed by atoms with van der Waals surface area (Å²) in [6.45, 7) is 7.09. The first-order valence-corrected chi connectivity index (χ1v) is 13.8. The molecule has 1 unspecified atom stereocenters. The van der Waals surface area contributed by atoms with Crippen molar-refractivity contribution in [3.8, 4) is 0 Å². The van der Waals surface area contributed by atoms with Gasteiger partial charge < -0.3 is 9.84 Å². The van der Waals surface area contributed by atoms with Gasteiger partial charge in [0.05, 0.1) is 12.9 Å². The highest BCUT2D eigenvalue weighted by atomic mass is 79.9. The zero-order chi connectivity index (χ0) is 23.5. The van der Waals surface area contributed by atoms with Crippen LogP contribution in [0.15, 0.2) is 53.0 Å². The average molecular weight is 523 g/mol. The monoisotopic (exact) mass is 521 g/mol. The Kier molecular flexibility index (Phi) is 8.11. The number of halogens is 1. The molecule has 0 spiro atoms. The van der Waals surface area contributed by atoms with E-state index in [1.807, 2.05) is 18.2 Å². The van der Waals surface area contributed by atoms with Crippen LogP contribution in [0.5, 0.6) is 0 Å². The van der Waals surface area contributed by atoms with Gasteiger partial charge in [0, 0.05) is 27.4 Å². The van der Waals surface area contributed by atoms with Crippen molar-refractivity contribution in [3.63, 3.8) is 0 Å². The second-order valence-corrected chi connectivity index (χ2v) is 12.9. The zero-order valence-corrected chi connectivity index (χ0v) is 21.7. The highest BCUT2D eigenvalue weighted by Crippen LogP contribution is 2.66. The molecule has 5 atom stereocenters. The maximum atomic E-state index is 12.1. The lowest BCUT2D eigenvalue weighted by Gasteiger charge is -2.36. The molecule has 2 fully saturated rings. The summed E-state index contributed by atoms with van der Waals surface area (Å²) in [7, 11) is 0.00604. The molecule has 174 valence electrons. The summed E-state index contributed by atoms with van der Waals surface area (Å²) in [6, 6.07) is 7.19. The third-order valence-corrected chi connectivity index (χ3v) is 10.5. The minimum atomic E-state index is -0.365. The Morgan fingerprint density at radius 2 is 1.88 bits per heavy atom. The number of ketones is 1. The summed E-state index contributed by atoms with van der Waals surface area (Å²) in [5.41, 5.74) is 0.781. The number of ether oxygens (including phenoxy) is 1. The number of allylic oxidation sites excluding steroid dienone is 1. The van der Waals surface area contributed by atoms with Gasteiger partial charge in [-0.15, -0.1) is 0 Å². The Labute approximate surface area is 203 Å². The number of benzene rings is 1. The van der Waals surface area contributed by atoms with Crippen molar-refractivity contribution < 1.29 is 19.4 Å². The smallest absolute Gasteiger partial charge is 0.330 e. The fraction of sp³-hybridized carbons (Fsp3) is 0.538. The van der Waals surface area contributed by atoms with Gasteiger partial charge in [0.25, 0.3) is 0 Å². The first-order chi connectivity index (χ1) is 15.1. The van der Waals surface area contributed by atoms with Crippen LogP contribution in [0.25, 0.3) is 0 Å². The summed E-state index contributed by atoms with van der Waals surface area (Å²) in [5, 5.41) is 11.3. The van der Waals surface area contributed by atoms with Crippen LogP contribution in [-0.2, 0) is 20.4 Å². The number of rotatable bonds is 9. The second-order valence-electron chi connectivity index (χ2n) is 9.68. The summed E-state index contributed by atoms with van der Waals surface area (Å²) in [6.07, 6.45) is 11.3. The van der Waals surface area contributed by atoms with Crippen molar-refractivity contribution in [2.75, 3.05) is 18.6 Å². The molecule has 6 heteroatoms. The number of carbonyl (C=O) groups is 2. The SMILES string of the molecule is C[S+](C/C=C/C(=O)OCC/C=C/C(=O)c1ccc(Br)cc1)[C@@H]1[C@H]2CC[C@@](C)([C@@H]1O)C2(C)C. The first kappa shape index (κ1) is 25.3. The summed E-state index contributed by atoms with van der Waals surface area (Å²) in [4.78, 5) is 24.1. The molecule has 32 heavy (non-hydrogen) atoms. The van der Waals surface area contributed by atoms with Crippen molar-refractivity contribution >= 4 is 38.6 Å². The molecule has 0 amide bonds. The van der Waals surface area contributed by atoms with Crippen LogP contribution >= 0.6 is 15.9 Å². The van der Waals surface area contributed by atoms with E-state index in [0.717, 1.165) is 16.6 Å². The molecule has 0 aromatic heterocycles. The number of hydrogen-bond acceptors (Lipinski definition) is 4. The Balaban J connectivity index is 1.39. The average Bonchev–Trinajstić information content (AvgIpc) is 3.06. The van der Waals surface area contributed by atoms with Gasteiger partial charge in [-0.3, -0.25) is 4.79 Å². The van der Waals surface area contributed by atoms with Crippen LogP contribution < -0.4 is 0 Å². The number of carbonyl (C=O) groups excluding carboxylic acids is 2. The largest absolute Gasteiger partial charge is 0.462 e. The molecule has 2 aliphatic rings. The van der Waals surface area contributed by atoms with Crippen LogP contribution in [0.4, 0.5) is 0 Å². The lowest BCUT2D eigenvalue weighted by atomic mass is 9.70. The molecule has 0 saturated heterocycles. The summed E-state index contributed by atoms with van der Waals surface area (Å²) in [5.74, 6) is 0.887. The van der Waals surface area contributed by atoms with E-state index in [1.54, 1.807) is 18.2 Å². The van der Waals surface area contributed by atoms with Crippen molar-refractivity contribution in [2.45, 2.75) is 51.4 Å². The molecule has 1 aromatic carbocycles. The van der Waals surface area contributed by atoms with Gasteiger partial charge in [-0.05, 0) is 72.0 Å². The van der Waals surface area contributed by atoms with Gasteiger partial charge in [-0.25, -0.2) is 4.79 Å². The zero-order valence-electron chi connectivity index (χ0n) is 19.3. The van der Waals surface area contributed by atoms with E-state index in [9.17, 15) is 14.7 Å². The maximum Gasteiger partial charge on any atom is 0.330 e. The third-order valence-electron chi connectivity index (χ3n) is 7.74. The number of aliphatic hydroxyl groups is 1. The van der Waals surface area contributed by atoms with E-state index in [1.165, 1.54) is 18.6 Å². The maximum absolute atomic E-state index is 12.1. The Morgan fingerprint density at radius 3 is 2.50 bits per heavy atom. The standard InChI is InChI=1S/C26H34BrO4S/c1-25(2)20-14-15-26(25,3)24(30)23(20)32(4)17-7-9-22(29)31-16-6-5-8-21(28)18-10-12-19(27)13-11-18/h5,7-13,20,23-24,30H,6,14-17H2,1-4H3/q+1/b8-5+,9-7+/t20-,23-,24-,26+,32?/m1/s1. The van der Waals surface area contributed by atoms with Crippen LogP contribution in [0.2, 0.25) is 0 Å². The molecular formula is C26H34BrO4S+. The van der Waals surface area contributed by atoms with Crippen LogP contribution in [0.3, 0.4) is 0 Å². The highest BCUT2D eigenvalue weighted by Gasteiger charge is 2.69. The summed E-state index contributed by atoms with van der Waals surface area (Å²) < 4.78 is 6.16. The normalized spacial score (nSPS) is 29.6. The first-order valence-electron chi connectivity index (χ1n) is 11.2. The molecule has 1 aromatic rings. The van der Waals surface area contributed by atoms with Crippen molar-refractivity contribution in [1.29, 1.82) is 0 Å². The molecule has 4 nitrogen and oxygen atoms in total. The van der Waals surface area contributed by atoms with E-state index in [4.69, 9.17) is 4.74 Å². The Morgan fingerprint density at radius 1 is 1.19 bits per heavy atom. The Hall–Kier alpha value is -1.37. The molecule has 0 aliphatic heterocycles. The lowest BCUT2D eigenvalue weighted by molar-refractivity contribution is -0.137. The van der Waals surface area contributed by atoms with Crippen molar-refractivity contribution in [1.82, 2.24) is 0 Å². The van der Waals surface area contributed by atoms with E-state index in [2.05, 4.69) is 43.0 Å². The number of fused-ring (bicyclic) bond motifs is 2. The van der Waals surface area contributed by atoms with Crippen LogP contribution in [-0.4, -0.2) is 46.8 Å². The lowest BCUT2D eigenvalue weighted by Crippen LogP contribution is -2.43. The topological polar surface area (TPSA) is 63.6 Å². The summed E-state index contributed by atoms with van der Waals surface area (Å²) >= 11 is 3.35. The van der Waals surface area contributed by atoms with Crippen molar-refractivity contribution in [2.24, 2.45) is 16.7 Å². The predicted octanol–water partition coefficient (Wildman–Crippen LogP) is 5.11. The van der Waals surface area contributed by atoms with Gasteiger partial charge in [0.15, 0.2) is 5.78 Å². The highest BCUT2D eigenvalue weighted by molar-refractivity contribution is 9.10. The number of hydrogen-bond donors (Lipinski definition) is 1. The third kappa shape index (κ3) is 5.07. The van der Waals surface area contributed by atoms with Gasteiger partial charge >= 0.3 is 5.97 Å². The van der Waals surface area contributed by atoms with Gasteiger partial charge in [-0.2, -0.15) is 0 Å². The fourth-order valence-electron chi connectivity index (χ4n) is 5.33. The molecule has 2 saturated carbocycles. The molecule has 1 N–H and O–H groups in total. The fourth-order valence-corrected chi connectivity index (χ4v) is 8.00. The van der Waals surface area contributed by atoms with E-state index < -0.39 is 0 Å². The molecule has 0 heterocycles. The van der Waals surface area contributed by atoms with Gasteiger partial charge in [0.2, 0.25) is 0 Å². The number of aliphatic hydroxyl groups excluding tert-OH is 1. The number of esters is 1. The minimum Gasteiger partial charge on any atom is -0.462 e.